The highest BCUT2D eigenvalue weighted by atomic mass is 79.9. The standard InChI is InChI=1S/C8H10BrClN2/c1-5(4-9)7-3-6(2)11-8(10)12-7/h3,5H,4H2,1-2H3. The van der Waals surface area contributed by atoms with Crippen molar-refractivity contribution in [1.82, 2.24) is 9.97 Å². The summed E-state index contributed by atoms with van der Waals surface area (Å²) in [4.78, 5) is 8.12. The minimum atomic E-state index is 0.331. The van der Waals surface area contributed by atoms with Crippen molar-refractivity contribution in [1.29, 1.82) is 0 Å². The quantitative estimate of drug-likeness (QED) is 0.595. The van der Waals surface area contributed by atoms with Crippen LogP contribution in [0.2, 0.25) is 5.28 Å². The fourth-order valence-electron chi connectivity index (χ4n) is 0.887. The van der Waals surface area contributed by atoms with Gasteiger partial charge in [0.1, 0.15) is 0 Å². The van der Waals surface area contributed by atoms with Crippen molar-refractivity contribution in [2.24, 2.45) is 0 Å². The lowest BCUT2D eigenvalue weighted by atomic mass is 10.1. The Morgan fingerprint density at radius 3 is 2.75 bits per heavy atom. The number of hydrogen-bond acceptors (Lipinski definition) is 2. The number of hydrogen-bond donors (Lipinski definition) is 0. The van der Waals surface area contributed by atoms with E-state index in [1.807, 2.05) is 13.0 Å². The molecule has 1 aromatic heterocycles. The molecule has 1 heterocycles. The van der Waals surface area contributed by atoms with Crippen LogP contribution in [0.4, 0.5) is 0 Å². The minimum Gasteiger partial charge on any atom is -0.223 e. The first-order chi connectivity index (χ1) is 5.63. The normalized spacial score (nSPS) is 13.0. The van der Waals surface area contributed by atoms with Crippen LogP contribution in [0, 0.1) is 6.92 Å². The van der Waals surface area contributed by atoms with E-state index in [1.165, 1.54) is 0 Å². The van der Waals surface area contributed by atoms with Crippen molar-refractivity contribution in [3.63, 3.8) is 0 Å². The molecule has 0 N–H and O–H groups in total. The van der Waals surface area contributed by atoms with Gasteiger partial charge in [0.25, 0.3) is 0 Å². The predicted molar refractivity (Wildman–Crippen MR) is 54.0 cm³/mol. The SMILES string of the molecule is Cc1cc(C(C)CBr)nc(Cl)n1. The van der Waals surface area contributed by atoms with E-state index < -0.39 is 0 Å². The number of nitrogens with zero attached hydrogens (tertiary/aromatic N) is 2. The summed E-state index contributed by atoms with van der Waals surface area (Å²) in [5.74, 6) is 0.379. The summed E-state index contributed by atoms with van der Waals surface area (Å²) in [6.45, 7) is 4.00. The lowest BCUT2D eigenvalue weighted by Crippen LogP contribution is -2.00. The van der Waals surface area contributed by atoms with Gasteiger partial charge in [-0.05, 0) is 24.6 Å². The zero-order valence-corrected chi connectivity index (χ0v) is 9.35. The number of halogens is 2. The summed E-state index contributed by atoms with van der Waals surface area (Å²) in [5, 5.41) is 1.22. The number of aryl methyl sites for hydroxylation is 1. The molecule has 1 rings (SSSR count). The van der Waals surface area contributed by atoms with Gasteiger partial charge in [-0.3, -0.25) is 0 Å². The van der Waals surface area contributed by atoms with Crippen molar-refractivity contribution in [2.75, 3.05) is 5.33 Å². The van der Waals surface area contributed by atoms with Crippen molar-refractivity contribution < 1.29 is 0 Å². The third-order valence-electron chi connectivity index (χ3n) is 1.58. The first kappa shape index (κ1) is 9.93. The Bertz CT molecular complexity index is 258. The van der Waals surface area contributed by atoms with Gasteiger partial charge >= 0.3 is 0 Å². The molecule has 4 heteroatoms. The second-order valence-corrected chi connectivity index (χ2v) is 3.74. The van der Waals surface area contributed by atoms with Crippen LogP contribution in [0.1, 0.15) is 24.2 Å². The van der Waals surface area contributed by atoms with Gasteiger partial charge in [0, 0.05) is 22.6 Å². The second-order valence-electron chi connectivity index (χ2n) is 2.76. The lowest BCUT2D eigenvalue weighted by Gasteiger charge is -2.07. The zero-order chi connectivity index (χ0) is 9.14. The molecule has 0 saturated heterocycles. The van der Waals surface area contributed by atoms with Gasteiger partial charge in [-0.1, -0.05) is 22.9 Å². The van der Waals surface area contributed by atoms with Crippen LogP contribution in [-0.2, 0) is 0 Å². The lowest BCUT2D eigenvalue weighted by molar-refractivity contribution is 0.825. The Morgan fingerprint density at radius 1 is 1.58 bits per heavy atom. The van der Waals surface area contributed by atoms with Crippen LogP contribution in [0.5, 0.6) is 0 Å². The van der Waals surface area contributed by atoms with Crippen molar-refractivity contribution in [3.8, 4) is 0 Å². The summed E-state index contributed by atoms with van der Waals surface area (Å²) in [6.07, 6.45) is 0. The van der Waals surface area contributed by atoms with E-state index in [1.54, 1.807) is 0 Å². The van der Waals surface area contributed by atoms with Gasteiger partial charge < -0.3 is 0 Å². The van der Waals surface area contributed by atoms with E-state index in [0.717, 1.165) is 16.7 Å². The average molecular weight is 250 g/mol. The van der Waals surface area contributed by atoms with Crippen LogP contribution in [0.25, 0.3) is 0 Å². The molecule has 1 unspecified atom stereocenters. The molecule has 0 spiro atoms. The van der Waals surface area contributed by atoms with Crippen LogP contribution < -0.4 is 0 Å². The molecule has 0 saturated carbocycles. The Hall–Kier alpha value is -0.150. The first-order valence-electron chi connectivity index (χ1n) is 3.70. The van der Waals surface area contributed by atoms with E-state index in [9.17, 15) is 0 Å². The molecule has 0 fully saturated rings. The van der Waals surface area contributed by atoms with Gasteiger partial charge in [0.2, 0.25) is 5.28 Å². The molecule has 0 radical (unpaired) electrons. The Kier molecular flexibility index (Phi) is 3.47. The fraction of sp³-hybridized carbons (Fsp3) is 0.500. The van der Waals surface area contributed by atoms with Gasteiger partial charge in [0.15, 0.2) is 0 Å². The summed E-state index contributed by atoms with van der Waals surface area (Å²) in [6, 6.07) is 1.96. The van der Waals surface area contributed by atoms with Crippen molar-refractivity contribution in [3.05, 3.63) is 22.7 Å². The fourth-order valence-corrected chi connectivity index (χ4v) is 1.45. The van der Waals surface area contributed by atoms with E-state index in [4.69, 9.17) is 11.6 Å². The van der Waals surface area contributed by atoms with Crippen LogP contribution in [0.15, 0.2) is 6.07 Å². The third-order valence-corrected chi connectivity index (χ3v) is 2.72. The molecule has 0 aliphatic heterocycles. The molecule has 0 aliphatic carbocycles. The molecule has 0 aliphatic rings. The maximum Gasteiger partial charge on any atom is 0.222 e. The monoisotopic (exact) mass is 248 g/mol. The topological polar surface area (TPSA) is 25.8 Å². The molecule has 0 aromatic carbocycles. The molecule has 1 atom stereocenters. The van der Waals surface area contributed by atoms with E-state index in [-0.39, 0.29) is 0 Å². The first-order valence-corrected chi connectivity index (χ1v) is 5.20. The molecular formula is C8H10BrClN2. The summed E-state index contributed by atoms with van der Waals surface area (Å²) < 4.78 is 0. The van der Waals surface area contributed by atoms with Crippen LogP contribution in [-0.4, -0.2) is 15.3 Å². The van der Waals surface area contributed by atoms with E-state index in [2.05, 4.69) is 32.8 Å². The Morgan fingerprint density at radius 2 is 2.25 bits per heavy atom. The van der Waals surface area contributed by atoms with Gasteiger partial charge in [-0.2, -0.15) is 0 Å². The number of aromatic nitrogens is 2. The highest BCUT2D eigenvalue weighted by Gasteiger charge is 2.07. The Balaban J connectivity index is 3.00. The average Bonchev–Trinajstić information content (AvgIpc) is 2.01. The highest BCUT2D eigenvalue weighted by molar-refractivity contribution is 9.09. The van der Waals surface area contributed by atoms with Crippen LogP contribution in [0.3, 0.4) is 0 Å². The predicted octanol–water partition coefficient (Wildman–Crippen LogP) is 2.94. The van der Waals surface area contributed by atoms with Gasteiger partial charge in [-0.25, -0.2) is 9.97 Å². The highest BCUT2D eigenvalue weighted by Crippen LogP contribution is 2.17. The molecule has 12 heavy (non-hydrogen) atoms. The molecule has 1 aromatic rings. The maximum absolute atomic E-state index is 5.71. The summed E-state index contributed by atoms with van der Waals surface area (Å²) >= 11 is 9.11. The molecule has 2 nitrogen and oxygen atoms in total. The summed E-state index contributed by atoms with van der Waals surface area (Å²) in [7, 11) is 0. The summed E-state index contributed by atoms with van der Waals surface area (Å²) in [5.41, 5.74) is 1.90. The van der Waals surface area contributed by atoms with Gasteiger partial charge in [0.05, 0.1) is 0 Å². The molecular weight excluding hydrogens is 239 g/mol. The van der Waals surface area contributed by atoms with Crippen molar-refractivity contribution >= 4 is 27.5 Å². The Labute approximate surface area is 85.5 Å². The zero-order valence-electron chi connectivity index (χ0n) is 7.01. The van der Waals surface area contributed by atoms with E-state index in [0.29, 0.717) is 11.2 Å². The smallest absolute Gasteiger partial charge is 0.222 e. The minimum absolute atomic E-state index is 0.331. The van der Waals surface area contributed by atoms with Gasteiger partial charge in [-0.15, -0.1) is 0 Å². The van der Waals surface area contributed by atoms with E-state index >= 15 is 0 Å². The van der Waals surface area contributed by atoms with Crippen molar-refractivity contribution in [2.45, 2.75) is 19.8 Å². The van der Waals surface area contributed by atoms with Crippen LogP contribution >= 0.6 is 27.5 Å². The third kappa shape index (κ3) is 2.42. The largest absolute Gasteiger partial charge is 0.223 e. The molecule has 0 amide bonds. The molecule has 66 valence electrons. The number of alkyl halides is 1. The number of rotatable bonds is 2. The molecule has 0 bridgehead atoms. The maximum atomic E-state index is 5.71. The second kappa shape index (κ2) is 4.19.